The van der Waals surface area contributed by atoms with Gasteiger partial charge in [0.15, 0.2) is 0 Å². The second-order valence-electron chi connectivity index (χ2n) is 3.03. The Bertz CT molecular complexity index is 168. The van der Waals surface area contributed by atoms with Crippen LogP contribution in [0.1, 0.15) is 32.6 Å². The number of hydrogen-bond donors (Lipinski definition) is 0. The highest BCUT2D eigenvalue weighted by Gasteiger charge is 1.85. The molecule has 0 fully saturated rings. The highest BCUT2D eigenvalue weighted by molar-refractivity contribution is 5.15. The molecular weight excluding hydrogens is 160 g/mol. The van der Waals surface area contributed by atoms with Crippen molar-refractivity contribution >= 4 is 0 Å². The molecule has 0 aromatic heterocycles. The summed E-state index contributed by atoms with van der Waals surface area (Å²) in [4.78, 5) is 0. The standard InChI is InChI=1S/C12H20O/c1-4-6-7-10-13-11-9-12(3)8-5-2/h5,9,11H,2-4,6-8,10H2,1H3. The molecule has 0 radical (unpaired) electrons. The fraction of sp³-hybridized carbons (Fsp3) is 0.500. The van der Waals surface area contributed by atoms with Crippen LogP contribution in [-0.4, -0.2) is 6.61 Å². The molecule has 0 amide bonds. The van der Waals surface area contributed by atoms with Crippen molar-refractivity contribution < 1.29 is 4.74 Å². The van der Waals surface area contributed by atoms with Gasteiger partial charge in [0.1, 0.15) is 0 Å². The topological polar surface area (TPSA) is 9.23 Å². The third kappa shape index (κ3) is 8.93. The first-order valence-electron chi connectivity index (χ1n) is 4.88. The van der Waals surface area contributed by atoms with Crippen LogP contribution >= 0.6 is 0 Å². The Morgan fingerprint density at radius 1 is 1.38 bits per heavy atom. The minimum atomic E-state index is 0.811. The first kappa shape index (κ1) is 12.0. The molecule has 0 saturated carbocycles. The van der Waals surface area contributed by atoms with Crippen molar-refractivity contribution in [3.05, 3.63) is 37.1 Å². The largest absolute Gasteiger partial charge is 0.501 e. The molecule has 0 aliphatic rings. The van der Waals surface area contributed by atoms with Crippen LogP contribution in [0.4, 0.5) is 0 Å². The van der Waals surface area contributed by atoms with E-state index in [0.717, 1.165) is 25.0 Å². The van der Waals surface area contributed by atoms with Crippen molar-refractivity contribution in [1.82, 2.24) is 0 Å². The summed E-state index contributed by atoms with van der Waals surface area (Å²) in [5.74, 6) is 0. The van der Waals surface area contributed by atoms with Crippen LogP contribution < -0.4 is 0 Å². The molecular formula is C12H20O. The molecule has 13 heavy (non-hydrogen) atoms. The van der Waals surface area contributed by atoms with Gasteiger partial charge in [0, 0.05) is 0 Å². The zero-order valence-corrected chi connectivity index (χ0v) is 8.59. The Morgan fingerprint density at radius 2 is 2.15 bits per heavy atom. The molecule has 0 rings (SSSR count). The number of hydrogen-bond acceptors (Lipinski definition) is 1. The van der Waals surface area contributed by atoms with Crippen LogP contribution in [0, 0.1) is 0 Å². The lowest BCUT2D eigenvalue weighted by atomic mass is 10.2. The van der Waals surface area contributed by atoms with Crippen LogP contribution in [0.15, 0.2) is 37.1 Å². The molecule has 1 nitrogen and oxygen atoms in total. The van der Waals surface area contributed by atoms with Crippen LogP contribution in [0.5, 0.6) is 0 Å². The summed E-state index contributed by atoms with van der Waals surface area (Å²) in [7, 11) is 0. The molecule has 1 heteroatoms. The predicted octanol–water partition coefficient (Wildman–Crippen LogP) is 3.84. The summed E-state index contributed by atoms with van der Waals surface area (Å²) in [5.41, 5.74) is 1.03. The third-order valence-electron chi connectivity index (χ3n) is 1.67. The van der Waals surface area contributed by atoms with Gasteiger partial charge in [0.05, 0.1) is 12.9 Å². The minimum Gasteiger partial charge on any atom is -0.501 e. The maximum Gasteiger partial charge on any atom is 0.0873 e. The normalized spacial score (nSPS) is 10.2. The molecule has 0 heterocycles. The molecule has 0 atom stereocenters. The molecule has 0 aromatic rings. The summed E-state index contributed by atoms with van der Waals surface area (Å²) >= 11 is 0. The fourth-order valence-electron chi connectivity index (χ4n) is 0.901. The van der Waals surface area contributed by atoms with Crippen LogP contribution in [0.3, 0.4) is 0 Å². The monoisotopic (exact) mass is 180 g/mol. The first-order chi connectivity index (χ1) is 6.31. The Kier molecular flexibility index (Phi) is 8.42. The lowest BCUT2D eigenvalue weighted by molar-refractivity contribution is 0.241. The second kappa shape index (κ2) is 9.11. The molecule has 74 valence electrons. The van der Waals surface area contributed by atoms with E-state index in [-0.39, 0.29) is 0 Å². The number of allylic oxidation sites excluding steroid dienone is 3. The summed E-state index contributed by atoms with van der Waals surface area (Å²) in [5, 5.41) is 0. The molecule has 0 saturated heterocycles. The maximum atomic E-state index is 5.28. The van der Waals surface area contributed by atoms with Gasteiger partial charge in [0.2, 0.25) is 0 Å². The Balaban J connectivity index is 3.30. The molecule has 0 bridgehead atoms. The summed E-state index contributed by atoms with van der Waals surface area (Å²) in [6, 6.07) is 0. The van der Waals surface area contributed by atoms with E-state index in [4.69, 9.17) is 4.74 Å². The molecule has 0 aliphatic carbocycles. The molecule has 0 N–H and O–H groups in total. The van der Waals surface area contributed by atoms with Gasteiger partial charge in [0.25, 0.3) is 0 Å². The van der Waals surface area contributed by atoms with Crippen LogP contribution in [0.25, 0.3) is 0 Å². The average molecular weight is 180 g/mol. The molecule has 0 aromatic carbocycles. The van der Waals surface area contributed by atoms with E-state index in [0.29, 0.717) is 0 Å². The van der Waals surface area contributed by atoms with Gasteiger partial charge in [-0.2, -0.15) is 0 Å². The van der Waals surface area contributed by atoms with Crippen LogP contribution in [0.2, 0.25) is 0 Å². The van der Waals surface area contributed by atoms with E-state index in [1.54, 1.807) is 6.26 Å². The van der Waals surface area contributed by atoms with Crippen LogP contribution in [-0.2, 0) is 4.74 Å². The van der Waals surface area contributed by atoms with Gasteiger partial charge in [-0.1, -0.05) is 32.4 Å². The molecule has 0 aliphatic heterocycles. The maximum absolute atomic E-state index is 5.28. The van der Waals surface area contributed by atoms with Crippen molar-refractivity contribution in [3.63, 3.8) is 0 Å². The lowest BCUT2D eigenvalue weighted by Crippen LogP contribution is -1.86. The van der Waals surface area contributed by atoms with Crippen molar-refractivity contribution in [1.29, 1.82) is 0 Å². The SMILES string of the molecule is C=CCC(=C)C=COCCCCC. The number of ether oxygens (including phenoxy) is 1. The lowest BCUT2D eigenvalue weighted by Gasteiger charge is -1.99. The van der Waals surface area contributed by atoms with Gasteiger partial charge in [-0.25, -0.2) is 0 Å². The smallest absolute Gasteiger partial charge is 0.0873 e. The van der Waals surface area contributed by atoms with Gasteiger partial charge in [-0.3, -0.25) is 0 Å². The van der Waals surface area contributed by atoms with E-state index in [2.05, 4.69) is 20.1 Å². The first-order valence-corrected chi connectivity index (χ1v) is 4.88. The third-order valence-corrected chi connectivity index (χ3v) is 1.67. The van der Waals surface area contributed by atoms with E-state index in [9.17, 15) is 0 Å². The van der Waals surface area contributed by atoms with Gasteiger partial charge >= 0.3 is 0 Å². The highest BCUT2D eigenvalue weighted by Crippen LogP contribution is 2.00. The minimum absolute atomic E-state index is 0.811. The van der Waals surface area contributed by atoms with E-state index in [1.807, 2.05) is 12.2 Å². The van der Waals surface area contributed by atoms with Crippen molar-refractivity contribution in [2.45, 2.75) is 32.6 Å². The Morgan fingerprint density at radius 3 is 2.77 bits per heavy atom. The number of unbranched alkanes of at least 4 members (excludes halogenated alkanes) is 2. The quantitative estimate of drug-likeness (QED) is 0.239. The van der Waals surface area contributed by atoms with Crippen molar-refractivity contribution in [2.24, 2.45) is 0 Å². The second-order valence-corrected chi connectivity index (χ2v) is 3.03. The highest BCUT2D eigenvalue weighted by atomic mass is 16.5. The summed E-state index contributed by atoms with van der Waals surface area (Å²) < 4.78 is 5.28. The molecule has 0 unspecified atom stereocenters. The average Bonchev–Trinajstić information content (AvgIpc) is 2.11. The fourth-order valence-corrected chi connectivity index (χ4v) is 0.901. The zero-order valence-electron chi connectivity index (χ0n) is 8.59. The Labute approximate surface area is 81.8 Å². The summed E-state index contributed by atoms with van der Waals surface area (Å²) in [6.45, 7) is 10.5. The van der Waals surface area contributed by atoms with Crippen molar-refractivity contribution in [3.8, 4) is 0 Å². The van der Waals surface area contributed by atoms with Gasteiger partial charge < -0.3 is 4.74 Å². The van der Waals surface area contributed by atoms with E-state index >= 15 is 0 Å². The zero-order chi connectivity index (χ0) is 9.94. The predicted molar refractivity (Wildman–Crippen MR) is 58.6 cm³/mol. The Hall–Kier alpha value is -0.980. The molecule has 0 spiro atoms. The van der Waals surface area contributed by atoms with Crippen molar-refractivity contribution in [2.75, 3.05) is 6.61 Å². The summed E-state index contributed by atoms with van der Waals surface area (Å²) in [6.07, 6.45) is 9.89. The van der Waals surface area contributed by atoms with E-state index < -0.39 is 0 Å². The number of rotatable bonds is 8. The van der Waals surface area contributed by atoms with Gasteiger partial charge in [-0.05, 0) is 24.5 Å². The van der Waals surface area contributed by atoms with E-state index in [1.165, 1.54) is 12.8 Å². The van der Waals surface area contributed by atoms with Gasteiger partial charge in [-0.15, -0.1) is 6.58 Å².